The lowest BCUT2D eigenvalue weighted by Crippen LogP contribution is -2.39. The number of sulfone groups is 1. The minimum atomic E-state index is -3.19. The Labute approximate surface area is 168 Å². The lowest BCUT2D eigenvalue weighted by Gasteiger charge is -2.27. The van der Waals surface area contributed by atoms with Crippen molar-refractivity contribution in [1.82, 2.24) is 0 Å². The molecule has 2 aromatic carbocycles. The van der Waals surface area contributed by atoms with Crippen molar-refractivity contribution in [2.45, 2.75) is 17.8 Å². The van der Waals surface area contributed by atoms with Crippen molar-refractivity contribution < 1.29 is 17.2 Å². The van der Waals surface area contributed by atoms with Crippen LogP contribution in [0.3, 0.4) is 0 Å². The number of halogens is 3. The number of amidine groups is 1. The maximum atomic E-state index is 14.6. The van der Waals surface area contributed by atoms with Crippen LogP contribution in [0.4, 0.5) is 14.5 Å². The van der Waals surface area contributed by atoms with E-state index < -0.39 is 27.7 Å². The molecule has 0 radical (unpaired) electrons. The highest BCUT2D eigenvalue weighted by Gasteiger charge is 2.47. The van der Waals surface area contributed by atoms with Gasteiger partial charge in [-0.1, -0.05) is 39.8 Å². The summed E-state index contributed by atoms with van der Waals surface area (Å²) >= 11 is 4.64. The monoisotopic (exact) mass is 472 g/mol. The van der Waals surface area contributed by atoms with Gasteiger partial charge >= 0.3 is 0 Å². The number of rotatable bonds is 3. The molecule has 0 amide bonds. The molecule has 2 aromatic rings. The van der Waals surface area contributed by atoms with E-state index in [4.69, 9.17) is 0 Å². The van der Waals surface area contributed by atoms with E-state index in [0.29, 0.717) is 21.1 Å². The Balaban J connectivity index is 1.64. The molecule has 0 aliphatic carbocycles. The van der Waals surface area contributed by atoms with Gasteiger partial charge in [0, 0.05) is 10.2 Å². The Kier molecular flexibility index (Phi) is 5.02. The second-order valence-corrected chi connectivity index (χ2v) is 10.5. The second kappa shape index (κ2) is 7.18. The molecule has 0 N–H and O–H groups in total. The van der Waals surface area contributed by atoms with E-state index >= 15 is 0 Å². The first kappa shape index (κ1) is 18.9. The molecule has 1 saturated heterocycles. The Morgan fingerprint density at radius 2 is 1.89 bits per heavy atom. The van der Waals surface area contributed by atoms with Gasteiger partial charge in [-0.2, -0.15) is 0 Å². The molecule has 27 heavy (non-hydrogen) atoms. The average molecular weight is 473 g/mol. The Morgan fingerprint density at radius 1 is 1.15 bits per heavy atom. The van der Waals surface area contributed by atoms with Crippen molar-refractivity contribution in [3.05, 3.63) is 64.1 Å². The lowest BCUT2D eigenvalue weighted by atomic mass is 10.1. The summed E-state index contributed by atoms with van der Waals surface area (Å²) in [4.78, 5) is 6.27. The number of anilines is 1. The zero-order valence-electron chi connectivity index (χ0n) is 14.0. The first-order chi connectivity index (χ1) is 12.8. The third kappa shape index (κ3) is 3.90. The van der Waals surface area contributed by atoms with Gasteiger partial charge in [0.05, 0.1) is 29.3 Å². The smallest absolute Gasteiger partial charge is 0.164 e. The van der Waals surface area contributed by atoms with Crippen LogP contribution in [0.2, 0.25) is 0 Å². The van der Waals surface area contributed by atoms with Crippen LogP contribution in [-0.2, 0) is 15.6 Å². The van der Waals surface area contributed by atoms with Crippen LogP contribution in [0.15, 0.2) is 51.9 Å². The number of benzene rings is 2. The molecule has 142 valence electrons. The summed E-state index contributed by atoms with van der Waals surface area (Å²) in [5, 5.41) is 0.588. The van der Waals surface area contributed by atoms with Crippen LogP contribution >= 0.6 is 27.7 Å². The summed E-state index contributed by atoms with van der Waals surface area (Å²) in [6.45, 7) is 0. The molecule has 4 nitrogen and oxygen atoms in total. The molecule has 0 spiro atoms. The Morgan fingerprint density at radius 3 is 2.59 bits per heavy atom. The van der Waals surface area contributed by atoms with E-state index in [9.17, 15) is 17.2 Å². The van der Waals surface area contributed by atoms with Gasteiger partial charge in [-0.25, -0.2) is 17.2 Å². The van der Waals surface area contributed by atoms with Gasteiger partial charge in [0.25, 0.3) is 0 Å². The maximum Gasteiger partial charge on any atom is 0.164 e. The second-order valence-electron chi connectivity index (χ2n) is 6.50. The molecule has 2 aliphatic rings. The number of fused-ring (bicyclic) bond motifs is 1. The van der Waals surface area contributed by atoms with Crippen LogP contribution in [0.25, 0.3) is 0 Å². The summed E-state index contributed by atoms with van der Waals surface area (Å²) in [6.07, 6.45) is 0. The van der Waals surface area contributed by atoms with Gasteiger partial charge in [0.2, 0.25) is 0 Å². The van der Waals surface area contributed by atoms with Gasteiger partial charge in [-0.15, -0.1) is 0 Å². The molecule has 0 bridgehead atoms. The summed E-state index contributed by atoms with van der Waals surface area (Å²) in [6, 6.07) is 10.1. The fourth-order valence-electron chi connectivity index (χ4n) is 3.32. The van der Waals surface area contributed by atoms with Gasteiger partial charge in [0.1, 0.15) is 11.6 Å². The van der Waals surface area contributed by atoms with E-state index in [0.717, 1.165) is 5.56 Å². The largest absolute Gasteiger partial charge is 0.312 e. The molecule has 4 rings (SSSR count). The number of nitrogens with zero attached hydrogens (tertiary/aromatic N) is 2. The summed E-state index contributed by atoms with van der Waals surface area (Å²) in [5.74, 6) is -0.283. The topological polar surface area (TPSA) is 49.7 Å². The predicted octanol–water partition coefficient (Wildman–Crippen LogP) is 4.00. The van der Waals surface area contributed by atoms with Crippen molar-refractivity contribution in [3.63, 3.8) is 0 Å². The van der Waals surface area contributed by atoms with Crippen LogP contribution in [0.5, 0.6) is 0 Å². The normalized spacial score (nSPS) is 23.4. The van der Waals surface area contributed by atoms with Gasteiger partial charge in [-0.05, 0) is 35.9 Å². The summed E-state index contributed by atoms with van der Waals surface area (Å²) in [7, 11) is -3.19. The first-order valence-electron chi connectivity index (χ1n) is 8.22. The molecular formula is C18H15BrF2N2O2S2. The zero-order chi connectivity index (χ0) is 19.2. The fraction of sp³-hybridized carbons (Fsp3) is 0.278. The van der Waals surface area contributed by atoms with Crippen LogP contribution in [0, 0.1) is 11.6 Å². The van der Waals surface area contributed by atoms with E-state index in [1.165, 1.54) is 30.0 Å². The van der Waals surface area contributed by atoms with Crippen LogP contribution in [-0.4, -0.2) is 37.2 Å². The molecule has 2 aliphatic heterocycles. The quantitative estimate of drug-likeness (QED) is 0.677. The highest BCUT2D eigenvalue weighted by atomic mass is 79.9. The highest BCUT2D eigenvalue weighted by molar-refractivity contribution is 9.10. The number of aliphatic imine (C=N–C) groups is 1. The Bertz CT molecular complexity index is 1010. The van der Waals surface area contributed by atoms with Gasteiger partial charge in [-0.3, -0.25) is 4.99 Å². The maximum absolute atomic E-state index is 14.6. The third-order valence-corrected chi connectivity index (χ3v) is 7.79. The molecule has 0 unspecified atom stereocenters. The minimum absolute atomic E-state index is 0.0209. The first-order valence-corrected chi connectivity index (χ1v) is 11.8. The van der Waals surface area contributed by atoms with Crippen molar-refractivity contribution in [3.8, 4) is 0 Å². The number of thioether (sulfide) groups is 1. The molecule has 0 aromatic heterocycles. The van der Waals surface area contributed by atoms with Crippen molar-refractivity contribution in [2.24, 2.45) is 4.99 Å². The molecule has 9 heteroatoms. The third-order valence-electron chi connectivity index (χ3n) is 4.56. The standard InChI is InChI=1S/C18H15BrF2N2O2S2/c19-12-3-6-16(14(21)7-12)23-17-10-27(24,25)9-15(17)22-18(23)26-8-11-1-4-13(20)5-2-11/h1-7,15,17H,8-10H2/t15-,17-/m0/s1. The summed E-state index contributed by atoms with van der Waals surface area (Å²) < 4.78 is 52.4. The van der Waals surface area contributed by atoms with Crippen LogP contribution < -0.4 is 4.90 Å². The van der Waals surface area contributed by atoms with E-state index in [1.54, 1.807) is 29.2 Å². The van der Waals surface area contributed by atoms with Crippen LogP contribution in [0.1, 0.15) is 5.56 Å². The van der Waals surface area contributed by atoms with E-state index in [1.807, 2.05) is 0 Å². The predicted molar refractivity (Wildman–Crippen MR) is 108 cm³/mol. The van der Waals surface area contributed by atoms with E-state index in [-0.39, 0.29) is 17.3 Å². The molecule has 0 saturated carbocycles. The van der Waals surface area contributed by atoms with E-state index in [2.05, 4.69) is 20.9 Å². The van der Waals surface area contributed by atoms with Crippen molar-refractivity contribution in [2.75, 3.05) is 16.4 Å². The van der Waals surface area contributed by atoms with Gasteiger partial charge in [0.15, 0.2) is 15.0 Å². The number of hydrogen-bond donors (Lipinski definition) is 0. The molecule has 1 fully saturated rings. The zero-order valence-corrected chi connectivity index (χ0v) is 17.2. The van der Waals surface area contributed by atoms with Crippen molar-refractivity contribution in [1.29, 1.82) is 0 Å². The minimum Gasteiger partial charge on any atom is -0.312 e. The fourth-order valence-corrected chi connectivity index (χ4v) is 6.57. The molecular weight excluding hydrogens is 458 g/mol. The average Bonchev–Trinajstić information content (AvgIpc) is 3.06. The van der Waals surface area contributed by atoms with Gasteiger partial charge < -0.3 is 4.90 Å². The Hall–Kier alpha value is -1.45. The summed E-state index contributed by atoms with van der Waals surface area (Å²) in [5.41, 5.74) is 1.22. The van der Waals surface area contributed by atoms with Crippen molar-refractivity contribution >= 4 is 48.4 Å². The number of hydrogen-bond acceptors (Lipinski definition) is 5. The SMILES string of the molecule is O=S1(=O)C[C@@H]2N=C(SCc3ccc(F)cc3)N(c3ccc(Br)cc3F)[C@H]2C1. The lowest BCUT2D eigenvalue weighted by molar-refractivity contribution is 0.600. The highest BCUT2D eigenvalue weighted by Crippen LogP contribution is 2.37. The molecule has 2 heterocycles. The molecule has 2 atom stereocenters.